The molecule has 2 heterocycles. The van der Waals surface area contributed by atoms with E-state index in [0.29, 0.717) is 25.1 Å². The summed E-state index contributed by atoms with van der Waals surface area (Å²) < 4.78 is 0. The average molecular weight is 385 g/mol. The highest BCUT2D eigenvalue weighted by Gasteiger charge is 2.17. The maximum absolute atomic E-state index is 12.7. The molecule has 0 aliphatic carbocycles. The van der Waals surface area contributed by atoms with Gasteiger partial charge in [0.25, 0.3) is 5.91 Å². The van der Waals surface area contributed by atoms with Crippen LogP contribution in [0.2, 0.25) is 0 Å². The van der Waals surface area contributed by atoms with Gasteiger partial charge in [-0.1, -0.05) is 6.07 Å². The average Bonchev–Trinajstić information content (AvgIpc) is 3.15. The van der Waals surface area contributed by atoms with Crippen molar-refractivity contribution in [2.75, 3.05) is 18.4 Å². The van der Waals surface area contributed by atoms with Crippen molar-refractivity contribution in [3.05, 3.63) is 41.7 Å². The van der Waals surface area contributed by atoms with Gasteiger partial charge in [0.05, 0.1) is 32.8 Å². The molecular weight excluding hydrogens is 360 g/mol. The Labute approximate surface area is 162 Å². The number of carbonyl (C=O) groups excluding carboxylic acids is 1. The van der Waals surface area contributed by atoms with Crippen LogP contribution in [-0.4, -0.2) is 39.7 Å². The number of thiazole rings is 1. The summed E-state index contributed by atoms with van der Waals surface area (Å²) in [6, 6.07) is 6.02. The van der Waals surface area contributed by atoms with Crippen LogP contribution in [0.15, 0.2) is 36.1 Å². The predicted octanol–water partition coefficient (Wildman–Crippen LogP) is 3.68. The molecule has 3 rings (SSSR count). The van der Waals surface area contributed by atoms with Crippen LogP contribution < -0.4 is 10.6 Å². The predicted molar refractivity (Wildman–Crippen MR) is 110 cm³/mol. The Kier molecular flexibility index (Phi) is 5.72. The van der Waals surface area contributed by atoms with Crippen LogP contribution >= 0.6 is 11.3 Å². The van der Waals surface area contributed by atoms with Gasteiger partial charge in [0, 0.05) is 30.9 Å². The first-order chi connectivity index (χ1) is 12.9. The standard InChI is InChI=1S/C20H24N4O2S/c1-4-22-18-14-9-13(17-11-21-12-27-17)5-6-16(14)24-10-15(18)19(25)23-8-7-20(2,3)26/h5-6,9-12,26H,4,7-8H2,1-3H3,(H,22,24)(H,23,25). The molecule has 1 amide bonds. The Balaban J connectivity index is 1.97. The third-order valence-electron chi connectivity index (χ3n) is 4.21. The van der Waals surface area contributed by atoms with Gasteiger partial charge in [0.2, 0.25) is 0 Å². The molecule has 2 aromatic heterocycles. The molecule has 27 heavy (non-hydrogen) atoms. The van der Waals surface area contributed by atoms with Crippen LogP contribution in [-0.2, 0) is 0 Å². The van der Waals surface area contributed by atoms with Gasteiger partial charge in [-0.25, -0.2) is 0 Å². The number of aromatic nitrogens is 2. The number of aliphatic hydroxyl groups is 1. The fourth-order valence-electron chi connectivity index (χ4n) is 2.82. The van der Waals surface area contributed by atoms with E-state index in [2.05, 4.69) is 20.6 Å². The molecule has 0 aliphatic rings. The molecule has 3 N–H and O–H groups in total. The van der Waals surface area contributed by atoms with Crippen molar-refractivity contribution < 1.29 is 9.90 Å². The van der Waals surface area contributed by atoms with Gasteiger partial charge >= 0.3 is 0 Å². The van der Waals surface area contributed by atoms with E-state index in [1.807, 2.05) is 31.3 Å². The molecule has 0 saturated carbocycles. The van der Waals surface area contributed by atoms with Crippen LogP contribution in [0.3, 0.4) is 0 Å². The lowest BCUT2D eigenvalue weighted by Gasteiger charge is -2.18. The Hall–Kier alpha value is -2.51. The molecule has 0 unspecified atom stereocenters. The minimum atomic E-state index is -0.816. The summed E-state index contributed by atoms with van der Waals surface area (Å²) in [5.41, 5.74) is 4.13. The number of hydrogen-bond donors (Lipinski definition) is 3. The largest absolute Gasteiger partial charge is 0.390 e. The maximum Gasteiger partial charge on any atom is 0.254 e. The molecule has 0 spiro atoms. The highest BCUT2D eigenvalue weighted by molar-refractivity contribution is 7.13. The van der Waals surface area contributed by atoms with Gasteiger partial charge in [-0.3, -0.25) is 14.8 Å². The monoisotopic (exact) mass is 384 g/mol. The third-order valence-corrected chi connectivity index (χ3v) is 5.03. The number of amides is 1. The number of anilines is 1. The minimum Gasteiger partial charge on any atom is -0.390 e. The van der Waals surface area contributed by atoms with Crippen molar-refractivity contribution in [3.8, 4) is 10.4 Å². The molecule has 0 radical (unpaired) electrons. The third kappa shape index (κ3) is 4.61. The molecule has 1 aromatic carbocycles. The summed E-state index contributed by atoms with van der Waals surface area (Å²) in [7, 11) is 0. The zero-order chi connectivity index (χ0) is 19.4. The summed E-state index contributed by atoms with van der Waals surface area (Å²) in [5, 5.41) is 16.9. The lowest BCUT2D eigenvalue weighted by atomic mass is 10.0. The smallest absolute Gasteiger partial charge is 0.254 e. The van der Waals surface area contributed by atoms with Crippen molar-refractivity contribution in [2.45, 2.75) is 32.8 Å². The lowest BCUT2D eigenvalue weighted by molar-refractivity contribution is 0.0693. The number of rotatable bonds is 7. The number of nitrogens with one attached hydrogen (secondary N) is 2. The molecule has 3 aromatic rings. The highest BCUT2D eigenvalue weighted by Crippen LogP contribution is 2.31. The second-order valence-corrected chi connectivity index (χ2v) is 7.88. The van der Waals surface area contributed by atoms with Crippen molar-refractivity contribution in [1.29, 1.82) is 0 Å². The van der Waals surface area contributed by atoms with E-state index in [1.165, 1.54) is 0 Å². The lowest BCUT2D eigenvalue weighted by Crippen LogP contribution is -2.31. The Morgan fingerprint density at radius 2 is 2.11 bits per heavy atom. The van der Waals surface area contributed by atoms with Crippen molar-refractivity contribution in [2.24, 2.45) is 0 Å². The van der Waals surface area contributed by atoms with Crippen molar-refractivity contribution >= 4 is 33.8 Å². The number of fused-ring (bicyclic) bond motifs is 1. The number of nitrogens with zero attached hydrogens (tertiary/aromatic N) is 2. The summed E-state index contributed by atoms with van der Waals surface area (Å²) in [6.45, 7) is 6.53. The molecule has 0 fully saturated rings. The van der Waals surface area contributed by atoms with Gasteiger partial charge in [0.15, 0.2) is 0 Å². The van der Waals surface area contributed by atoms with E-state index in [1.54, 1.807) is 36.9 Å². The number of benzene rings is 1. The molecular formula is C20H24N4O2S. The van der Waals surface area contributed by atoms with Crippen molar-refractivity contribution in [1.82, 2.24) is 15.3 Å². The first-order valence-corrected chi connectivity index (χ1v) is 9.83. The summed E-state index contributed by atoms with van der Waals surface area (Å²) >= 11 is 1.57. The quantitative estimate of drug-likeness (QED) is 0.578. The van der Waals surface area contributed by atoms with Gasteiger partial charge in [0.1, 0.15) is 0 Å². The van der Waals surface area contributed by atoms with E-state index in [4.69, 9.17) is 0 Å². The highest BCUT2D eigenvalue weighted by atomic mass is 32.1. The number of hydrogen-bond acceptors (Lipinski definition) is 6. The van der Waals surface area contributed by atoms with Gasteiger partial charge in [-0.2, -0.15) is 0 Å². The number of pyridine rings is 1. The zero-order valence-corrected chi connectivity index (χ0v) is 16.6. The van der Waals surface area contributed by atoms with Crippen LogP contribution in [0.5, 0.6) is 0 Å². The van der Waals surface area contributed by atoms with E-state index >= 15 is 0 Å². The Morgan fingerprint density at radius 3 is 2.78 bits per heavy atom. The van der Waals surface area contributed by atoms with E-state index in [0.717, 1.165) is 27.0 Å². The molecule has 0 aliphatic heterocycles. The first-order valence-electron chi connectivity index (χ1n) is 8.95. The number of carbonyl (C=O) groups is 1. The SMILES string of the molecule is CCNc1c(C(=O)NCCC(C)(C)O)cnc2ccc(-c3cncs3)cc12. The van der Waals surface area contributed by atoms with Crippen LogP contribution in [0.25, 0.3) is 21.3 Å². The van der Waals surface area contributed by atoms with Crippen LogP contribution in [0, 0.1) is 0 Å². The molecule has 0 atom stereocenters. The van der Waals surface area contributed by atoms with Gasteiger partial charge in [-0.15, -0.1) is 11.3 Å². The molecule has 0 bridgehead atoms. The van der Waals surface area contributed by atoms with Gasteiger partial charge in [-0.05, 0) is 44.9 Å². The molecule has 7 heteroatoms. The maximum atomic E-state index is 12.7. The Bertz CT molecular complexity index is 933. The van der Waals surface area contributed by atoms with E-state index in [-0.39, 0.29) is 5.91 Å². The fourth-order valence-corrected chi connectivity index (χ4v) is 3.44. The van der Waals surface area contributed by atoms with Crippen LogP contribution in [0.1, 0.15) is 37.6 Å². The second kappa shape index (κ2) is 8.02. The summed E-state index contributed by atoms with van der Waals surface area (Å²) in [5.74, 6) is -0.201. The van der Waals surface area contributed by atoms with Gasteiger partial charge < -0.3 is 15.7 Å². The normalized spacial score (nSPS) is 11.6. The van der Waals surface area contributed by atoms with E-state index < -0.39 is 5.60 Å². The fraction of sp³-hybridized carbons (Fsp3) is 0.350. The molecule has 142 valence electrons. The minimum absolute atomic E-state index is 0.201. The summed E-state index contributed by atoms with van der Waals surface area (Å²) in [6.07, 6.45) is 3.91. The molecule has 0 saturated heterocycles. The summed E-state index contributed by atoms with van der Waals surface area (Å²) in [4.78, 5) is 22.4. The topological polar surface area (TPSA) is 87.1 Å². The first kappa shape index (κ1) is 19.3. The van der Waals surface area contributed by atoms with Crippen LogP contribution in [0.4, 0.5) is 5.69 Å². The zero-order valence-electron chi connectivity index (χ0n) is 15.7. The van der Waals surface area contributed by atoms with E-state index in [9.17, 15) is 9.90 Å². The molecule has 6 nitrogen and oxygen atoms in total. The Morgan fingerprint density at radius 1 is 1.30 bits per heavy atom. The second-order valence-electron chi connectivity index (χ2n) is 6.99. The van der Waals surface area contributed by atoms with Crippen molar-refractivity contribution in [3.63, 3.8) is 0 Å².